The molecule has 0 bridgehead atoms. The Bertz CT molecular complexity index is 3770. The third-order valence-corrected chi connectivity index (χ3v) is 17.0. The van der Waals surface area contributed by atoms with Gasteiger partial charge in [0.2, 0.25) is 0 Å². The molecule has 6 aliphatic rings. The highest BCUT2D eigenvalue weighted by molar-refractivity contribution is 8.03. The van der Waals surface area contributed by atoms with Gasteiger partial charge in [0, 0.05) is 71.8 Å². The molecule has 1 aliphatic heterocycles. The van der Waals surface area contributed by atoms with Gasteiger partial charge in [0.15, 0.2) is 0 Å². The number of para-hydroxylation sites is 1. The number of anilines is 3. The molecule has 0 amide bonds. The largest absolute Gasteiger partial charge is 0.460 e. The van der Waals surface area contributed by atoms with Crippen molar-refractivity contribution >= 4 is 78.9 Å². The number of aromatic nitrogens is 1. The maximum Gasteiger partial charge on any atom is 0.143 e. The summed E-state index contributed by atoms with van der Waals surface area (Å²) in [6.45, 7) is 8.96. The summed E-state index contributed by atoms with van der Waals surface area (Å²) in [7, 11) is 0. The third kappa shape index (κ3) is 5.96. The van der Waals surface area contributed by atoms with Gasteiger partial charge in [-0.3, -0.25) is 0 Å². The van der Waals surface area contributed by atoms with E-state index in [0.29, 0.717) is 11.8 Å². The molecular formula is C65H50N2OS. The molecule has 3 heterocycles. The lowest BCUT2D eigenvalue weighted by Crippen LogP contribution is -2.36. The summed E-state index contributed by atoms with van der Waals surface area (Å²) in [5, 5.41) is 3.63. The number of benzene rings is 5. The van der Waals surface area contributed by atoms with Crippen molar-refractivity contribution in [2.75, 3.05) is 4.90 Å². The number of allylic oxidation sites excluding steroid dienone is 13. The zero-order chi connectivity index (χ0) is 46.0. The zero-order valence-corrected chi connectivity index (χ0v) is 39.8. The minimum absolute atomic E-state index is 0.347. The van der Waals surface area contributed by atoms with Crippen LogP contribution in [0.25, 0.3) is 61.2 Å². The lowest BCUT2D eigenvalue weighted by molar-refractivity contribution is 0.514. The minimum atomic E-state index is -0.347. The number of furan rings is 1. The normalized spacial score (nSPS) is 21.0. The highest BCUT2D eigenvalue weighted by Crippen LogP contribution is 2.65. The summed E-state index contributed by atoms with van der Waals surface area (Å²) >= 11 is 1.95. The maximum absolute atomic E-state index is 6.89. The van der Waals surface area contributed by atoms with Crippen molar-refractivity contribution in [3.05, 3.63) is 232 Å². The quantitative estimate of drug-likeness (QED) is 0.166. The molecule has 0 N–H and O–H groups in total. The van der Waals surface area contributed by atoms with Gasteiger partial charge in [0.25, 0.3) is 0 Å². The van der Waals surface area contributed by atoms with Crippen LogP contribution in [0, 0.1) is 24.0 Å². The van der Waals surface area contributed by atoms with Crippen molar-refractivity contribution in [3.63, 3.8) is 0 Å². The van der Waals surface area contributed by atoms with E-state index in [2.05, 4.69) is 206 Å². The Labute approximate surface area is 408 Å². The highest BCUT2D eigenvalue weighted by Gasteiger charge is 2.53. The molecule has 3 nitrogen and oxygen atoms in total. The van der Waals surface area contributed by atoms with Crippen LogP contribution < -0.4 is 4.90 Å². The van der Waals surface area contributed by atoms with Crippen molar-refractivity contribution < 1.29 is 4.42 Å². The summed E-state index contributed by atoms with van der Waals surface area (Å²) in [4.78, 5) is 5.16. The molecule has 6 aromatic carbocycles. The van der Waals surface area contributed by atoms with Crippen LogP contribution in [0.1, 0.15) is 74.0 Å². The fraction of sp³-hybridized carbons (Fsp3) is 0.169. The summed E-state index contributed by atoms with van der Waals surface area (Å²) in [5.74, 6) is 1.83. The number of rotatable bonds is 6. The van der Waals surface area contributed by atoms with E-state index in [4.69, 9.17) is 4.42 Å². The van der Waals surface area contributed by atoms with Gasteiger partial charge in [-0.2, -0.15) is 0 Å². The predicted octanol–water partition coefficient (Wildman–Crippen LogP) is 17.6. The van der Waals surface area contributed by atoms with Crippen molar-refractivity contribution in [2.24, 2.45) is 11.8 Å². The second-order valence-electron chi connectivity index (χ2n) is 19.8. The molecule has 0 saturated carbocycles. The number of hydrogen-bond acceptors (Lipinski definition) is 3. The molecule has 3 atom stereocenters. The molecule has 5 aliphatic carbocycles. The van der Waals surface area contributed by atoms with Crippen molar-refractivity contribution in [1.82, 2.24) is 4.57 Å². The van der Waals surface area contributed by atoms with Gasteiger partial charge in [-0.15, -0.1) is 0 Å². The fourth-order valence-electron chi connectivity index (χ4n) is 12.8. The number of fused-ring (bicyclic) bond motifs is 13. The predicted molar refractivity (Wildman–Crippen MR) is 289 cm³/mol. The van der Waals surface area contributed by atoms with E-state index in [9.17, 15) is 0 Å². The molecule has 2 aromatic heterocycles. The number of thioether (sulfide) groups is 1. The summed E-state index contributed by atoms with van der Waals surface area (Å²) < 4.78 is 9.40. The van der Waals surface area contributed by atoms with Crippen LogP contribution in [0.2, 0.25) is 0 Å². The van der Waals surface area contributed by atoms with Crippen LogP contribution >= 0.6 is 11.8 Å². The molecule has 332 valence electrons. The van der Waals surface area contributed by atoms with E-state index in [0.717, 1.165) is 83.4 Å². The fourth-order valence-corrected chi connectivity index (χ4v) is 14.1. The monoisotopic (exact) mass is 906 g/mol. The lowest BCUT2D eigenvalue weighted by Gasteiger charge is -2.45. The summed E-state index contributed by atoms with van der Waals surface area (Å²) in [6, 6.07) is 50.2. The number of nitrogens with zero attached hydrogens (tertiary/aromatic N) is 2. The highest BCUT2D eigenvalue weighted by atomic mass is 32.2. The molecule has 1 spiro atoms. The van der Waals surface area contributed by atoms with Gasteiger partial charge < -0.3 is 13.9 Å². The van der Waals surface area contributed by atoms with Gasteiger partial charge in [-0.05, 0) is 150 Å². The van der Waals surface area contributed by atoms with E-state index in [1.807, 2.05) is 17.8 Å². The Balaban J connectivity index is 1.05. The van der Waals surface area contributed by atoms with Gasteiger partial charge in [0.1, 0.15) is 11.3 Å². The lowest BCUT2D eigenvalue weighted by atomic mass is 9.61. The van der Waals surface area contributed by atoms with Crippen LogP contribution in [-0.4, -0.2) is 4.57 Å². The Morgan fingerprint density at radius 3 is 2.51 bits per heavy atom. The molecule has 0 fully saturated rings. The standard InChI is InChI=1S/C65H50N2OS/c1-4-42-35-62-58(34-41(42)3)65(55-24-14-11-21-48(55)49-22-12-15-25-56(49)65)57-32-29-46(39-63(57)69-62)66(45-28-31-51-50-23-13-16-26-59(50)67(60(51)38-45)44-19-9-6-10-20-44)47-36-53(43-17-7-5-8-18-43)64-54(37-47)52-30-27-40(2)33-61(52)68-64/h4-7,9,11-14,16-17,19,21-24,26-32,35-41H,1,10,15,20,25,33-34H2,2-3H3. The SMILES string of the molecule is C=CC1=CC2=C(CC1C)C1(C3=C(C=CCC3)c3ccccc31)c1ccc(N(c3cc(-c4c#cccc4)c4oc5c(c4c3)C=CC(C)C5)c3ccc4c5ccccc5n(C5=CC=CCC5)c4c3)cc1S2. The second kappa shape index (κ2) is 15.5. The number of hydrogen-bond donors (Lipinski definition) is 0. The van der Waals surface area contributed by atoms with Crippen molar-refractivity contribution in [1.29, 1.82) is 0 Å². The summed E-state index contributed by atoms with van der Waals surface area (Å²) in [6.07, 6.45) is 26.7. The van der Waals surface area contributed by atoms with E-state index in [-0.39, 0.29) is 5.41 Å². The molecule has 8 aromatic rings. The van der Waals surface area contributed by atoms with Crippen molar-refractivity contribution in [2.45, 2.75) is 62.7 Å². The van der Waals surface area contributed by atoms with Crippen LogP contribution in [0.5, 0.6) is 0 Å². The molecule has 69 heavy (non-hydrogen) atoms. The Kier molecular flexibility index (Phi) is 9.14. The minimum Gasteiger partial charge on any atom is -0.460 e. The molecule has 14 rings (SSSR count). The smallest absolute Gasteiger partial charge is 0.143 e. The first-order chi connectivity index (χ1) is 34.0. The molecule has 4 heteroatoms. The Morgan fingerprint density at radius 1 is 0.768 bits per heavy atom. The van der Waals surface area contributed by atoms with Gasteiger partial charge in [-0.25, -0.2) is 0 Å². The first-order valence-corrected chi connectivity index (χ1v) is 25.6. The molecular weight excluding hydrogens is 857 g/mol. The van der Waals surface area contributed by atoms with Gasteiger partial charge in [-0.1, -0.05) is 148 Å². The van der Waals surface area contributed by atoms with Crippen LogP contribution in [0.3, 0.4) is 0 Å². The summed E-state index contributed by atoms with van der Waals surface area (Å²) in [5.41, 5.74) is 20.7. The first-order valence-electron chi connectivity index (χ1n) is 24.7. The van der Waals surface area contributed by atoms with E-state index in [1.165, 1.54) is 70.7 Å². The molecule has 0 radical (unpaired) electrons. The van der Waals surface area contributed by atoms with Crippen LogP contribution in [0.4, 0.5) is 17.1 Å². The Hall–Kier alpha value is -7.45. The van der Waals surface area contributed by atoms with E-state index in [1.54, 1.807) is 11.1 Å². The molecule has 0 saturated heterocycles. The zero-order valence-electron chi connectivity index (χ0n) is 39.0. The Morgan fingerprint density at radius 2 is 1.62 bits per heavy atom. The van der Waals surface area contributed by atoms with Gasteiger partial charge in [0.05, 0.1) is 16.4 Å². The van der Waals surface area contributed by atoms with Crippen LogP contribution in [0.15, 0.2) is 201 Å². The topological polar surface area (TPSA) is 21.3 Å². The third-order valence-electron chi connectivity index (χ3n) is 15.8. The second-order valence-corrected chi connectivity index (χ2v) is 20.9. The average molecular weight is 907 g/mol. The molecule has 3 unspecified atom stereocenters. The average Bonchev–Trinajstić information content (AvgIpc) is 4.03. The van der Waals surface area contributed by atoms with Crippen LogP contribution in [-0.2, 0) is 11.8 Å². The van der Waals surface area contributed by atoms with E-state index < -0.39 is 0 Å². The van der Waals surface area contributed by atoms with Gasteiger partial charge >= 0.3 is 0 Å². The first kappa shape index (κ1) is 40.6. The van der Waals surface area contributed by atoms with Crippen molar-refractivity contribution in [3.8, 4) is 11.1 Å². The maximum atomic E-state index is 6.89. The van der Waals surface area contributed by atoms with E-state index >= 15 is 0 Å².